The Morgan fingerprint density at radius 1 is 1.33 bits per heavy atom. The third kappa shape index (κ3) is 8.92. The molecule has 0 heterocycles. The van der Waals surface area contributed by atoms with Crippen LogP contribution in [0.3, 0.4) is 0 Å². The van der Waals surface area contributed by atoms with Crippen LogP contribution in [0.2, 0.25) is 0 Å². The molecule has 32 valence electrons. The topological polar surface area (TPSA) is 0 Å². The fourth-order valence-electron chi connectivity index (χ4n) is 0. The van der Waals surface area contributed by atoms with Crippen LogP contribution in [0.5, 0.6) is 0 Å². The number of halogens is 3. The molecule has 0 fully saturated rings. The van der Waals surface area contributed by atoms with Crippen molar-refractivity contribution in [2.75, 3.05) is 0 Å². The van der Waals surface area contributed by atoms with Gasteiger partial charge in [-0.25, -0.2) is 4.39 Å². The molecule has 0 spiro atoms. The van der Waals surface area contributed by atoms with Crippen molar-refractivity contribution in [1.82, 2.24) is 0 Å². The monoisotopic (exact) mass is 90.0 g/mol. The molecule has 0 saturated carbocycles. The number of hydrogen-bond donors (Lipinski definition) is 0. The van der Waals surface area contributed by atoms with Crippen LogP contribution in [0, 0.1) is 0 Å². The zero-order chi connectivity index (χ0) is 4.28. The summed E-state index contributed by atoms with van der Waals surface area (Å²) in [4.78, 5) is 0. The Bertz CT molecular complexity index is 46.8. The van der Waals surface area contributed by atoms with Gasteiger partial charge in [-0.2, -0.15) is 8.78 Å². The standard InChI is InChI=1S/C2HF3.Li.H/c3-1-2(4)5;;/h1H;;. The molecule has 0 amide bonds. The fourth-order valence-corrected chi connectivity index (χ4v) is 0. The van der Waals surface area contributed by atoms with Crippen molar-refractivity contribution in [2.24, 2.45) is 0 Å². The molecule has 0 aromatic rings. The first-order valence-electron chi connectivity index (χ1n) is 0.885. The van der Waals surface area contributed by atoms with Crippen LogP contribution in [-0.4, -0.2) is 18.9 Å². The minimum absolute atomic E-state index is 0. The molecule has 0 aromatic carbocycles. The number of hydrogen-bond acceptors (Lipinski definition) is 0. The van der Waals surface area contributed by atoms with Gasteiger partial charge in [0, 0.05) is 0 Å². The molecule has 0 aromatic heterocycles. The molecule has 0 radical (unpaired) electrons. The van der Waals surface area contributed by atoms with Crippen LogP contribution in [-0.2, 0) is 0 Å². The fraction of sp³-hybridized carbons (Fsp3) is 0. The molecular weight excluding hydrogens is 88.0 g/mol. The van der Waals surface area contributed by atoms with Crippen LogP contribution in [0.15, 0.2) is 12.4 Å². The van der Waals surface area contributed by atoms with Crippen molar-refractivity contribution >= 4 is 18.9 Å². The van der Waals surface area contributed by atoms with Gasteiger partial charge >= 0.3 is 18.9 Å². The van der Waals surface area contributed by atoms with Gasteiger partial charge in [0.25, 0.3) is 6.08 Å². The molecule has 0 aliphatic rings. The SMILES string of the molecule is FC=C(F)F.[LiH]. The molecule has 6 heavy (non-hydrogen) atoms. The third-order valence-electron chi connectivity index (χ3n) is 0.0825. The van der Waals surface area contributed by atoms with E-state index in [4.69, 9.17) is 0 Å². The molecule has 0 aliphatic heterocycles. The molecule has 0 atom stereocenters. The molecule has 0 bridgehead atoms. The van der Waals surface area contributed by atoms with Crippen molar-refractivity contribution < 1.29 is 13.2 Å². The molecule has 0 saturated heterocycles. The normalized spacial score (nSPS) is 5.83. The summed E-state index contributed by atoms with van der Waals surface area (Å²) in [5.74, 6) is 0. The average molecular weight is 90.0 g/mol. The Morgan fingerprint density at radius 3 is 1.50 bits per heavy atom. The van der Waals surface area contributed by atoms with Gasteiger partial charge in [0.15, 0.2) is 6.33 Å². The van der Waals surface area contributed by atoms with E-state index in [1.165, 1.54) is 0 Å². The number of rotatable bonds is 0. The van der Waals surface area contributed by atoms with Gasteiger partial charge in [-0.05, 0) is 0 Å². The first-order valence-corrected chi connectivity index (χ1v) is 0.885. The summed E-state index contributed by atoms with van der Waals surface area (Å²) in [6.07, 6.45) is -3.04. The van der Waals surface area contributed by atoms with Crippen LogP contribution in [0.1, 0.15) is 0 Å². The molecule has 0 nitrogen and oxygen atoms in total. The van der Waals surface area contributed by atoms with E-state index in [9.17, 15) is 13.2 Å². The summed E-state index contributed by atoms with van der Waals surface area (Å²) in [5.41, 5.74) is 0. The van der Waals surface area contributed by atoms with Crippen LogP contribution < -0.4 is 0 Å². The predicted molar refractivity (Wildman–Crippen MR) is 18.6 cm³/mol. The van der Waals surface area contributed by atoms with Crippen LogP contribution in [0.4, 0.5) is 13.2 Å². The van der Waals surface area contributed by atoms with E-state index in [-0.39, 0.29) is 18.9 Å². The van der Waals surface area contributed by atoms with Crippen molar-refractivity contribution in [3.8, 4) is 0 Å². The summed E-state index contributed by atoms with van der Waals surface area (Å²) < 4.78 is 30.7. The molecule has 0 N–H and O–H groups in total. The van der Waals surface area contributed by atoms with Crippen molar-refractivity contribution in [3.63, 3.8) is 0 Å². The van der Waals surface area contributed by atoms with Gasteiger partial charge in [0.05, 0.1) is 0 Å². The van der Waals surface area contributed by atoms with Gasteiger partial charge in [-0.3, -0.25) is 0 Å². The summed E-state index contributed by atoms with van der Waals surface area (Å²) in [6, 6.07) is 0. The van der Waals surface area contributed by atoms with Gasteiger partial charge in [0.1, 0.15) is 0 Å². The van der Waals surface area contributed by atoms with Crippen molar-refractivity contribution in [1.29, 1.82) is 0 Å². The zero-order valence-corrected chi connectivity index (χ0v) is 2.21. The van der Waals surface area contributed by atoms with E-state index in [1.54, 1.807) is 0 Å². The van der Waals surface area contributed by atoms with E-state index >= 15 is 0 Å². The molecule has 0 aliphatic carbocycles. The maximum atomic E-state index is 10.2. The Balaban J connectivity index is 0. The van der Waals surface area contributed by atoms with E-state index in [0.29, 0.717) is 0 Å². The van der Waals surface area contributed by atoms with E-state index < -0.39 is 12.4 Å². The maximum absolute atomic E-state index is 10.2. The van der Waals surface area contributed by atoms with E-state index in [0.717, 1.165) is 0 Å². The Labute approximate surface area is 45.2 Å². The summed E-state index contributed by atoms with van der Waals surface area (Å²) in [6.45, 7) is 0. The second-order valence-electron chi connectivity index (χ2n) is 0.399. The summed E-state index contributed by atoms with van der Waals surface area (Å²) >= 11 is 0. The zero-order valence-electron chi connectivity index (χ0n) is 2.21. The van der Waals surface area contributed by atoms with Crippen molar-refractivity contribution in [2.45, 2.75) is 0 Å². The summed E-state index contributed by atoms with van der Waals surface area (Å²) in [7, 11) is 0. The second kappa shape index (κ2) is 5.13. The third-order valence-corrected chi connectivity index (χ3v) is 0.0825. The Kier molecular flexibility index (Phi) is 8.08. The quantitative estimate of drug-likeness (QED) is 0.390. The summed E-state index contributed by atoms with van der Waals surface area (Å²) in [5, 5.41) is 0. The van der Waals surface area contributed by atoms with E-state index in [2.05, 4.69) is 0 Å². The first-order chi connectivity index (χ1) is 2.27. The minimum atomic E-state index is -2.29. The molecule has 0 rings (SSSR count). The molecule has 0 unspecified atom stereocenters. The van der Waals surface area contributed by atoms with Crippen LogP contribution >= 0.6 is 0 Å². The van der Waals surface area contributed by atoms with Gasteiger partial charge in [-0.15, -0.1) is 0 Å². The molecular formula is C2H2F3Li. The van der Waals surface area contributed by atoms with Gasteiger partial charge in [-0.1, -0.05) is 0 Å². The second-order valence-corrected chi connectivity index (χ2v) is 0.399. The van der Waals surface area contributed by atoms with Crippen molar-refractivity contribution in [3.05, 3.63) is 12.4 Å². The van der Waals surface area contributed by atoms with E-state index in [1.807, 2.05) is 0 Å². The predicted octanol–water partition coefficient (Wildman–Crippen LogP) is 1.05. The van der Waals surface area contributed by atoms with Gasteiger partial charge < -0.3 is 0 Å². The average Bonchev–Trinajstić information content (AvgIpc) is 1.38. The Hall–Kier alpha value is 0.127. The Morgan fingerprint density at radius 2 is 1.50 bits per heavy atom. The van der Waals surface area contributed by atoms with Gasteiger partial charge in [0.2, 0.25) is 0 Å². The molecule has 4 heteroatoms. The van der Waals surface area contributed by atoms with Crippen LogP contribution in [0.25, 0.3) is 0 Å². The first kappa shape index (κ1) is 9.46.